The molecule has 0 radical (unpaired) electrons. The second-order valence-corrected chi connectivity index (χ2v) is 8.50. The lowest BCUT2D eigenvalue weighted by atomic mass is 9.88. The smallest absolute Gasteiger partial charge is 0.272 e. The number of aromatic nitrogens is 5. The van der Waals surface area contributed by atoms with Crippen molar-refractivity contribution in [3.8, 4) is 11.1 Å². The molecule has 0 unspecified atom stereocenters. The molecular formula is C22H24N8O. The third kappa shape index (κ3) is 3.12. The second kappa shape index (κ2) is 7.05. The van der Waals surface area contributed by atoms with Crippen molar-refractivity contribution < 1.29 is 4.79 Å². The fraction of sp³-hybridized carbons (Fsp3) is 0.364. The molecule has 2 fully saturated rings. The maximum absolute atomic E-state index is 12.9. The van der Waals surface area contributed by atoms with Gasteiger partial charge < -0.3 is 16.0 Å². The fourth-order valence-electron chi connectivity index (χ4n) is 4.55. The molecule has 31 heavy (non-hydrogen) atoms. The van der Waals surface area contributed by atoms with Crippen LogP contribution in [0.3, 0.4) is 0 Å². The van der Waals surface area contributed by atoms with Crippen molar-refractivity contribution in [3.05, 3.63) is 48.7 Å². The first-order valence-electron chi connectivity index (χ1n) is 10.8. The van der Waals surface area contributed by atoms with E-state index in [0.717, 1.165) is 61.1 Å². The summed E-state index contributed by atoms with van der Waals surface area (Å²) >= 11 is 0. The Morgan fingerprint density at radius 3 is 2.74 bits per heavy atom. The number of nitrogens with one attached hydrogen (secondary N) is 1. The molecule has 158 valence electrons. The number of amides is 1. The summed E-state index contributed by atoms with van der Waals surface area (Å²) in [5.41, 5.74) is 10.1. The van der Waals surface area contributed by atoms with E-state index in [1.807, 2.05) is 50.6 Å². The standard InChI is InChI=1S/C22H24N8O/c23-15-9-16(10-15)26-22-25-11-18-17(5-8-30(18)27-22)14-3-4-20-24-12-19(29(20)13-14)21(31)28-6-1-2-7-28/h3-5,8,11-13,15-16H,1-2,6-7,9-10,23H2,(H,26,27)/t15-,16+. The van der Waals surface area contributed by atoms with Crippen LogP contribution in [-0.2, 0) is 0 Å². The zero-order chi connectivity index (χ0) is 20.9. The van der Waals surface area contributed by atoms with Crippen molar-refractivity contribution in [3.63, 3.8) is 0 Å². The average molecular weight is 416 g/mol. The van der Waals surface area contributed by atoms with E-state index >= 15 is 0 Å². The van der Waals surface area contributed by atoms with E-state index < -0.39 is 0 Å². The van der Waals surface area contributed by atoms with Crippen LogP contribution < -0.4 is 11.1 Å². The molecule has 3 N–H and O–H groups in total. The van der Waals surface area contributed by atoms with Crippen LogP contribution in [0.25, 0.3) is 22.3 Å². The molecule has 9 heteroatoms. The first kappa shape index (κ1) is 18.3. The third-order valence-electron chi connectivity index (χ3n) is 6.35. The molecule has 4 aromatic rings. The van der Waals surface area contributed by atoms with Crippen molar-refractivity contribution in [2.45, 2.75) is 37.8 Å². The minimum Gasteiger partial charge on any atom is -0.350 e. The summed E-state index contributed by atoms with van der Waals surface area (Å²) in [7, 11) is 0. The molecule has 0 bridgehead atoms. The van der Waals surface area contributed by atoms with Crippen LogP contribution in [0.4, 0.5) is 5.95 Å². The fourth-order valence-corrected chi connectivity index (χ4v) is 4.55. The summed E-state index contributed by atoms with van der Waals surface area (Å²) in [4.78, 5) is 23.8. The molecule has 1 aliphatic carbocycles. The minimum absolute atomic E-state index is 0.0404. The quantitative estimate of drug-likeness (QED) is 0.528. The summed E-state index contributed by atoms with van der Waals surface area (Å²) in [5, 5.41) is 7.93. The van der Waals surface area contributed by atoms with E-state index in [-0.39, 0.29) is 11.9 Å². The topological polar surface area (TPSA) is 106 Å². The molecule has 6 rings (SSSR count). The number of nitrogens with zero attached hydrogens (tertiary/aromatic N) is 6. The van der Waals surface area contributed by atoms with Gasteiger partial charge >= 0.3 is 0 Å². The number of nitrogens with two attached hydrogens (primary N) is 1. The van der Waals surface area contributed by atoms with Crippen LogP contribution in [0.1, 0.15) is 36.2 Å². The Labute approximate surface area is 178 Å². The first-order chi connectivity index (χ1) is 15.2. The molecule has 4 aromatic heterocycles. The van der Waals surface area contributed by atoms with Gasteiger partial charge in [-0.05, 0) is 43.9 Å². The van der Waals surface area contributed by atoms with Gasteiger partial charge in [0.15, 0.2) is 0 Å². The van der Waals surface area contributed by atoms with E-state index in [1.54, 1.807) is 6.20 Å². The van der Waals surface area contributed by atoms with Gasteiger partial charge in [0.2, 0.25) is 5.95 Å². The van der Waals surface area contributed by atoms with Gasteiger partial charge in [-0.2, -0.15) is 0 Å². The lowest BCUT2D eigenvalue weighted by Gasteiger charge is -2.32. The molecule has 0 aromatic carbocycles. The second-order valence-electron chi connectivity index (χ2n) is 8.50. The van der Waals surface area contributed by atoms with E-state index in [1.165, 1.54) is 0 Å². The minimum atomic E-state index is 0.0404. The number of hydrogen-bond acceptors (Lipinski definition) is 6. The monoisotopic (exact) mass is 416 g/mol. The zero-order valence-corrected chi connectivity index (χ0v) is 17.1. The van der Waals surface area contributed by atoms with Crippen molar-refractivity contribution >= 4 is 23.0 Å². The highest BCUT2D eigenvalue weighted by Gasteiger charge is 2.26. The van der Waals surface area contributed by atoms with Crippen LogP contribution in [0, 0.1) is 0 Å². The molecule has 1 saturated heterocycles. The highest BCUT2D eigenvalue weighted by Crippen LogP contribution is 2.27. The van der Waals surface area contributed by atoms with Crippen LogP contribution >= 0.6 is 0 Å². The van der Waals surface area contributed by atoms with Gasteiger partial charge in [0.25, 0.3) is 5.91 Å². The highest BCUT2D eigenvalue weighted by molar-refractivity contribution is 5.93. The Bertz CT molecular complexity index is 1280. The first-order valence-corrected chi connectivity index (χ1v) is 10.8. The van der Waals surface area contributed by atoms with Gasteiger partial charge in [-0.3, -0.25) is 9.20 Å². The summed E-state index contributed by atoms with van der Waals surface area (Å²) in [6.07, 6.45) is 11.4. The Kier molecular flexibility index (Phi) is 4.17. The molecule has 9 nitrogen and oxygen atoms in total. The van der Waals surface area contributed by atoms with E-state index in [9.17, 15) is 4.79 Å². The highest BCUT2D eigenvalue weighted by atomic mass is 16.2. The van der Waals surface area contributed by atoms with Gasteiger partial charge in [0.1, 0.15) is 11.3 Å². The molecule has 1 aliphatic heterocycles. The largest absolute Gasteiger partial charge is 0.350 e. The summed E-state index contributed by atoms with van der Waals surface area (Å²) in [6.45, 7) is 1.63. The molecule has 5 heterocycles. The predicted molar refractivity (Wildman–Crippen MR) is 117 cm³/mol. The van der Waals surface area contributed by atoms with Gasteiger partial charge in [0, 0.05) is 48.7 Å². The average Bonchev–Trinajstić information content (AvgIpc) is 3.50. The van der Waals surface area contributed by atoms with Gasteiger partial charge in [-0.15, -0.1) is 5.10 Å². The van der Waals surface area contributed by atoms with Crippen LogP contribution in [0.15, 0.2) is 43.0 Å². The Morgan fingerprint density at radius 1 is 1.10 bits per heavy atom. The van der Waals surface area contributed by atoms with E-state index in [2.05, 4.69) is 20.4 Å². The van der Waals surface area contributed by atoms with Crippen LogP contribution in [0.2, 0.25) is 0 Å². The van der Waals surface area contributed by atoms with Crippen molar-refractivity contribution in [1.29, 1.82) is 0 Å². The normalized spacial score (nSPS) is 21.0. The Morgan fingerprint density at radius 2 is 1.94 bits per heavy atom. The van der Waals surface area contributed by atoms with Crippen molar-refractivity contribution in [1.82, 2.24) is 28.9 Å². The van der Waals surface area contributed by atoms with Crippen LogP contribution in [0.5, 0.6) is 0 Å². The lowest BCUT2D eigenvalue weighted by Crippen LogP contribution is -2.44. The van der Waals surface area contributed by atoms with Crippen LogP contribution in [-0.4, -0.2) is 60.0 Å². The number of pyridine rings is 1. The third-order valence-corrected chi connectivity index (χ3v) is 6.35. The number of fused-ring (bicyclic) bond motifs is 2. The number of carbonyl (C=O) groups excluding carboxylic acids is 1. The van der Waals surface area contributed by atoms with E-state index in [0.29, 0.717) is 17.7 Å². The zero-order valence-electron chi connectivity index (χ0n) is 17.1. The van der Waals surface area contributed by atoms with E-state index in [4.69, 9.17) is 5.73 Å². The summed E-state index contributed by atoms with van der Waals surface area (Å²) < 4.78 is 3.72. The maximum atomic E-state index is 12.9. The van der Waals surface area contributed by atoms with Crippen molar-refractivity contribution in [2.75, 3.05) is 18.4 Å². The van der Waals surface area contributed by atoms with Gasteiger partial charge in [-0.1, -0.05) is 0 Å². The lowest BCUT2D eigenvalue weighted by molar-refractivity contribution is 0.0786. The number of rotatable bonds is 4. The molecule has 0 spiro atoms. The molecular weight excluding hydrogens is 392 g/mol. The Hall–Kier alpha value is -3.46. The number of likely N-dealkylation sites (tertiary alicyclic amines) is 1. The molecule has 1 saturated carbocycles. The number of imidazole rings is 1. The number of anilines is 1. The predicted octanol–water partition coefficient (Wildman–Crippen LogP) is 2.18. The molecule has 0 atom stereocenters. The maximum Gasteiger partial charge on any atom is 0.272 e. The number of hydrogen-bond donors (Lipinski definition) is 2. The molecule has 2 aliphatic rings. The van der Waals surface area contributed by atoms with Gasteiger partial charge in [0.05, 0.1) is 17.9 Å². The number of carbonyl (C=O) groups is 1. The van der Waals surface area contributed by atoms with Crippen molar-refractivity contribution in [2.24, 2.45) is 5.73 Å². The summed E-state index contributed by atoms with van der Waals surface area (Å²) in [5.74, 6) is 0.647. The molecule has 1 amide bonds. The Balaban J connectivity index is 1.33. The SMILES string of the molecule is N[C@H]1C[C@@H](Nc2ncc3c(-c4ccc5ncc(C(=O)N6CCCC6)n5c4)ccn3n2)C1. The summed E-state index contributed by atoms with van der Waals surface area (Å²) in [6, 6.07) is 6.60. The van der Waals surface area contributed by atoms with Gasteiger partial charge in [-0.25, -0.2) is 14.5 Å².